The molecule has 0 bridgehead atoms. The molecule has 2 aromatic rings. The Hall–Kier alpha value is -1.57. The molecule has 1 heterocycles. The van der Waals surface area contributed by atoms with Crippen LogP contribution in [-0.2, 0) is 6.42 Å². The Kier molecular flexibility index (Phi) is 2.35. The van der Waals surface area contributed by atoms with Gasteiger partial charge in [-0.05, 0) is 12.0 Å². The van der Waals surface area contributed by atoms with E-state index in [0.717, 1.165) is 17.7 Å². The van der Waals surface area contributed by atoms with Crippen molar-refractivity contribution in [2.75, 3.05) is 0 Å². The summed E-state index contributed by atoms with van der Waals surface area (Å²) < 4.78 is 5.16. The summed E-state index contributed by atoms with van der Waals surface area (Å²) in [4.78, 5) is 4.27. The van der Waals surface area contributed by atoms with Gasteiger partial charge in [0.05, 0.1) is 0 Å². The first kappa shape index (κ1) is 9.00. The SMILES string of the molecule is CCc1ccc(-c2coc(C)n2)cc1. The van der Waals surface area contributed by atoms with E-state index in [1.165, 1.54) is 5.56 Å². The second kappa shape index (κ2) is 3.66. The first-order chi connectivity index (χ1) is 6.79. The summed E-state index contributed by atoms with van der Waals surface area (Å²) in [6.07, 6.45) is 2.76. The van der Waals surface area contributed by atoms with E-state index >= 15 is 0 Å². The van der Waals surface area contributed by atoms with Gasteiger partial charge in [0.1, 0.15) is 12.0 Å². The monoisotopic (exact) mass is 187 g/mol. The van der Waals surface area contributed by atoms with Crippen LogP contribution in [0.1, 0.15) is 18.4 Å². The molecule has 0 aliphatic heterocycles. The van der Waals surface area contributed by atoms with Crippen molar-refractivity contribution in [1.29, 1.82) is 0 Å². The van der Waals surface area contributed by atoms with Gasteiger partial charge >= 0.3 is 0 Å². The summed E-state index contributed by atoms with van der Waals surface area (Å²) in [5.74, 6) is 0.708. The standard InChI is InChI=1S/C12H13NO/c1-3-10-4-6-11(7-5-10)12-8-14-9(2)13-12/h4-8H,3H2,1-2H3. The lowest BCUT2D eigenvalue weighted by Crippen LogP contribution is -1.81. The van der Waals surface area contributed by atoms with Crippen LogP contribution in [0, 0.1) is 6.92 Å². The molecule has 2 nitrogen and oxygen atoms in total. The summed E-state index contributed by atoms with van der Waals surface area (Å²) in [7, 11) is 0. The zero-order valence-corrected chi connectivity index (χ0v) is 8.45. The predicted molar refractivity (Wildman–Crippen MR) is 56.1 cm³/mol. The molecule has 0 amide bonds. The first-order valence-electron chi connectivity index (χ1n) is 4.81. The highest BCUT2D eigenvalue weighted by Crippen LogP contribution is 2.18. The molecule has 0 radical (unpaired) electrons. The summed E-state index contributed by atoms with van der Waals surface area (Å²) in [5.41, 5.74) is 3.36. The average Bonchev–Trinajstić information content (AvgIpc) is 2.65. The summed E-state index contributed by atoms with van der Waals surface area (Å²) >= 11 is 0. The number of aromatic nitrogens is 1. The van der Waals surface area contributed by atoms with Gasteiger partial charge in [0, 0.05) is 12.5 Å². The van der Waals surface area contributed by atoms with Gasteiger partial charge in [-0.3, -0.25) is 0 Å². The molecule has 0 spiro atoms. The maximum Gasteiger partial charge on any atom is 0.191 e. The Morgan fingerprint density at radius 2 is 1.93 bits per heavy atom. The van der Waals surface area contributed by atoms with E-state index < -0.39 is 0 Å². The van der Waals surface area contributed by atoms with E-state index in [1.54, 1.807) is 6.26 Å². The van der Waals surface area contributed by atoms with Crippen molar-refractivity contribution < 1.29 is 4.42 Å². The third kappa shape index (κ3) is 1.69. The van der Waals surface area contributed by atoms with Crippen LogP contribution in [0.5, 0.6) is 0 Å². The van der Waals surface area contributed by atoms with Crippen molar-refractivity contribution in [2.24, 2.45) is 0 Å². The van der Waals surface area contributed by atoms with Gasteiger partial charge in [-0.25, -0.2) is 4.98 Å². The molecule has 0 fully saturated rings. The number of benzene rings is 1. The molecule has 0 saturated heterocycles. The van der Waals surface area contributed by atoms with Crippen LogP contribution in [0.3, 0.4) is 0 Å². The van der Waals surface area contributed by atoms with E-state index in [-0.39, 0.29) is 0 Å². The lowest BCUT2D eigenvalue weighted by Gasteiger charge is -1.97. The van der Waals surface area contributed by atoms with E-state index in [9.17, 15) is 0 Å². The average molecular weight is 187 g/mol. The molecule has 2 rings (SSSR count). The Balaban J connectivity index is 2.33. The topological polar surface area (TPSA) is 26.0 Å². The maximum absolute atomic E-state index is 5.16. The molecular formula is C12H13NO. The smallest absolute Gasteiger partial charge is 0.191 e. The van der Waals surface area contributed by atoms with Crippen molar-refractivity contribution in [3.05, 3.63) is 42.0 Å². The van der Waals surface area contributed by atoms with Crippen LogP contribution in [0.25, 0.3) is 11.3 Å². The van der Waals surface area contributed by atoms with Crippen LogP contribution in [0.15, 0.2) is 34.9 Å². The van der Waals surface area contributed by atoms with Gasteiger partial charge in [-0.2, -0.15) is 0 Å². The molecule has 0 aliphatic rings. The Bertz CT molecular complexity index is 414. The van der Waals surface area contributed by atoms with Gasteiger partial charge in [0.2, 0.25) is 0 Å². The van der Waals surface area contributed by atoms with Gasteiger partial charge in [0.15, 0.2) is 5.89 Å². The highest BCUT2D eigenvalue weighted by molar-refractivity contribution is 5.58. The Morgan fingerprint density at radius 1 is 1.21 bits per heavy atom. The number of hydrogen-bond donors (Lipinski definition) is 0. The van der Waals surface area contributed by atoms with Crippen molar-refractivity contribution in [3.63, 3.8) is 0 Å². The van der Waals surface area contributed by atoms with Crippen LogP contribution >= 0.6 is 0 Å². The number of aryl methyl sites for hydroxylation is 2. The van der Waals surface area contributed by atoms with Crippen molar-refractivity contribution in [1.82, 2.24) is 4.98 Å². The minimum absolute atomic E-state index is 0.708. The Labute approximate surface area is 83.6 Å². The lowest BCUT2D eigenvalue weighted by atomic mass is 10.1. The first-order valence-corrected chi connectivity index (χ1v) is 4.81. The number of oxazole rings is 1. The zero-order chi connectivity index (χ0) is 9.97. The van der Waals surface area contributed by atoms with Crippen molar-refractivity contribution in [2.45, 2.75) is 20.3 Å². The lowest BCUT2D eigenvalue weighted by molar-refractivity contribution is 0.521. The fraction of sp³-hybridized carbons (Fsp3) is 0.250. The van der Waals surface area contributed by atoms with Gasteiger partial charge in [-0.15, -0.1) is 0 Å². The quantitative estimate of drug-likeness (QED) is 0.721. The van der Waals surface area contributed by atoms with Crippen molar-refractivity contribution in [3.8, 4) is 11.3 Å². The second-order valence-corrected chi connectivity index (χ2v) is 3.30. The van der Waals surface area contributed by atoms with Gasteiger partial charge in [0.25, 0.3) is 0 Å². The molecule has 72 valence electrons. The molecule has 14 heavy (non-hydrogen) atoms. The maximum atomic E-state index is 5.16. The minimum atomic E-state index is 0.708. The van der Waals surface area contributed by atoms with E-state index in [2.05, 4.69) is 36.2 Å². The third-order valence-electron chi connectivity index (χ3n) is 2.28. The van der Waals surface area contributed by atoms with E-state index in [4.69, 9.17) is 4.42 Å². The summed E-state index contributed by atoms with van der Waals surface area (Å²) in [6, 6.07) is 8.41. The molecule has 0 unspecified atom stereocenters. The number of hydrogen-bond acceptors (Lipinski definition) is 2. The number of nitrogens with zero attached hydrogens (tertiary/aromatic N) is 1. The Morgan fingerprint density at radius 3 is 2.43 bits per heavy atom. The predicted octanol–water partition coefficient (Wildman–Crippen LogP) is 3.21. The van der Waals surface area contributed by atoms with E-state index in [1.807, 2.05) is 6.92 Å². The largest absolute Gasteiger partial charge is 0.449 e. The highest BCUT2D eigenvalue weighted by Gasteiger charge is 2.02. The van der Waals surface area contributed by atoms with Crippen LogP contribution in [0.4, 0.5) is 0 Å². The zero-order valence-electron chi connectivity index (χ0n) is 8.45. The fourth-order valence-corrected chi connectivity index (χ4v) is 1.41. The minimum Gasteiger partial charge on any atom is -0.449 e. The summed E-state index contributed by atoms with van der Waals surface area (Å²) in [5, 5.41) is 0. The second-order valence-electron chi connectivity index (χ2n) is 3.30. The normalized spacial score (nSPS) is 10.4. The molecule has 2 heteroatoms. The number of rotatable bonds is 2. The molecule has 1 aromatic carbocycles. The molecule has 0 saturated carbocycles. The summed E-state index contributed by atoms with van der Waals surface area (Å²) in [6.45, 7) is 4.00. The van der Waals surface area contributed by atoms with Crippen LogP contribution < -0.4 is 0 Å². The van der Waals surface area contributed by atoms with Crippen molar-refractivity contribution >= 4 is 0 Å². The fourth-order valence-electron chi connectivity index (χ4n) is 1.41. The molecule has 1 aromatic heterocycles. The highest BCUT2D eigenvalue weighted by atomic mass is 16.3. The molecule has 0 atom stereocenters. The van der Waals surface area contributed by atoms with Gasteiger partial charge in [-0.1, -0.05) is 31.2 Å². The third-order valence-corrected chi connectivity index (χ3v) is 2.28. The molecular weight excluding hydrogens is 174 g/mol. The van der Waals surface area contributed by atoms with E-state index in [0.29, 0.717) is 5.89 Å². The van der Waals surface area contributed by atoms with Crippen LogP contribution in [0.2, 0.25) is 0 Å². The molecule has 0 N–H and O–H groups in total. The molecule has 0 aliphatic carbocycles. The van der Waals surface area contributed by atoms with Gasteiger partial charge < -0.3 is 4.42 Å². The van der Waals surface area contributed by atoms with Crippen LogP contribution in [-0.4, -0.2) is 4.98 Å².